The molecule has 1 heterocycles. The molecule has 0 atom stereocenters. The monoisotopic (exact) mass is 305 g/mol. The highest BCUT2D eigenvalue weighted by atomic mass is 32.2. The zero-order chi connectivity index (χ0) is 14.7. The molecule has 0 saturated carbocycles. The Morgan fingerprint density at radius 1 is 1.10 bits per heavy atom. The molecule has 110 valence electrons. The maximum Gasteiger partial charge on any atom is 0.162 e. The van der Waals surface area contributed by atoms with Crippen LogP contribution in [-0.2, 0) is 6.54 Å². The van der Waals surface area contributed by atoms with Crippen molar-refractivity contribution in [2.24, 2.45) is 0 Å². The first-order valence-electron chi connectivity index (χ1n) is 6.77. The van der Waals surface area contributed by atoms with Gasteiger partial charge in [-0.05, 0) is 49.0 Å². The van der Waals surface area contributed by atoms with Crippen LogP contribution in [0.3, 0.4) is 0 Å². The van der Waals surface area contributed by atoms with Crippen molar-refractivity contribution in [2.75, 3.05) is 20.3 Å². The minimum atomic E-state index is -0.216. The molecule has 0 fully saturated rings. The summed E-state index contributed by atoms with van der Waals surface area (Å²) in [7, 11) is 1.85. The van der Waals surface area contributed by atoms with E-state index in [2.05, 4.69) is 5.32 Å². The molecule has 3 rings (SSSR count). The highest BCUT2D eigenvalue weighted by molar-refractivity contribution is 7.99. The largest absolute Gasteiger partial charge is 0.486 e. The van der Waals surface area contributed by atoms with Crippen LogP contribution in [0.1, 0.15) is 5.56 Å². The number of halogens is 1. The van der Waals surface area contributed by atoms with Crippen LogP contribution < -0.4 is 14.8 Å². The van der Waals surface area contributed by atoms with Crippen LogP contribution in [0, 0.1) is 5.82 Å². The summed E-state index contributed by atoms with van der Waals surface area (Å²) < 4.78 is 24.5. The van der Waals surface area contributed by atoms with E-state index in [4.69, 9.17) is 9.47 Å². The van der Waals surface area contributed by atoms with Crippen molar-refractivity contribution >= 4 is 11.8 Å². The van der Waals surface area contributed by atoms with Gasteiger partial charge in [-0.15, -0.1) is 0 Å². The van der Waals surface area contributed by atoms with Crippen molar-refractivity contribution in [1.82, 2.24) is 5.32 Å². The lowest BCUT2D eigenvalue weighted by Crippen LogP contribution is -2.15. The Morgan fingerprint density at radius 2 is 1.90 bits per heavy atom. The molecule has 3 nitrogen and oxygen atoms in total. The number of fused-ring (bicyclic) bond motifs is 1. The molecule has 0 radical (unpaired) electrons. The molecule has 0 aliphatic carbocycles. The summed E-state index contributed by atoms with van der Waals surface area (Å²) in [5, 5.41) is 3.06. The second kappa shape index (κ2) is 6.37. The summed E-state index contributed by atoms with van der Waals surface area (Å²) in [6.45, 7) is 1.79. The van der Waals surface area contributed by atoms with E-state index in [9.17, 15) is 4.39 Å². The number of hydrogen-bond donors (Lipinski definition) is 1. The minimum Gasteiger partial charge on any atom is -0.486 e. The molecular weight excluding hydrogens is 289 g/mol. The molecule has 2 aromatic rings. The number of ether oxygens (including phenoxy) is 2. The minimum absolute atomic E-state index is 0.216. The third-order valence-electron chi connectivity index (χ3n) is 3.13. The number of benzene rings is 2. The Hall–Kier alpha value is -1.72. The molecule has 1 N–H and O–H groups in total. The summed E-state index contributed by atoms with van der Waals surface area (Å²) in [4.78, 5) is 2.07. The maximum absolute atomic E-state index is 13.4. The lowest BCUT2D eigenvalue weighted by molar-refractivity contribution is 0.171. The summed E-state index contributed by atoms with van der Waals surface area (Å²) >= 11 is 1.59. The van der Waals surface area contributed by atoms with Gasteiger partial charge in [-0.1, -0.05) is 11.8 Å². The van der Waals surface area contributed by atoms with Crippen molar-refractivity contribution in [3.63, 3.8) is 0 Å². The van der Waals surface area contributed by atoms with Gasteiger partial charge in [0.2, 0.25) is 0 Å². The molecule has 1 aliphatic rings. The molecule has 0 amide bonds. The zero-order valence-electron chi connectivity index (χ0n) is 11.7. The van der Waals surface area contributed by atoms with Gasteiger partial charge in [-0.3, -0.25) is 0 Å². The summed E-state index contributed by atoms with van der Waals surface area (Å²) in [5.74, 6) is 1.33. The van der Waals surface area contributed by atoms with Gasteiger partial charge in [-0.2, -0.15) is 0 Å². The van der Waals surface area contributed by atoms with Crippen LogP contribution in [0.15, 0.2) is 46.2 Å². The van der Waals surface area contributed by atoms with E-state index in [1.165, 1.54) is 6.07 Å². The van der Waals surface area contributed by atoms with Crippen LogP contribution in [0.2, 0.25) is 0 Å². The predicted octanol–water partition coefficient (Wildman–Crippen LogP) is 3.47. The van der Waals surface area contributed by atoms with Crippen molar-refractivity contribution in [2.45, 2.75) is 16.3 Å². The first kappa shape index (κ1) is 14.2. The van der Waals surface area contributed by atoms with E-state index < -0.39 is 0 Å². The maximum atomic E-state index is 13.4. The standard InChI is InChI=1S/C16H16FNO2S/c1-18-10-11-8-12(17)2-5-16(11)21-13-3-4-14-15(9-13)20-7-6-19-14/h2-5,8-9,18H,6-7,10H2,1H3. The van der Waals surface area contributed by atoms with E-state index in [0.717, 1.165) is 26.9 Å². The zero-order valence-corrected chi connectivity index (χ0v) is 12.5. The molecular formula is C16H16FNO2S. The van der Waals surface area contributed by atoms with Crippen LogP contribution in [0.4, 0.5) is 4.39 Å². The Bertz CT molecular complexity index is 648. The van der Waals surface area contributed by atoms with Crippen LogP contribution in [0.25, 0.3) is 0 Å². The third kappa shape index (κ3) is 3.31. The summed E-state index contributed by atoms with van der Waals surface area (Å²) in [6.07, 6.45) is 0. The van der Waals surface area contributed by atoms with Gasteiger partial charge >= 0.3 is 0 Å². The first-order chi connectivity index (χ1) is 10.3. The third-order valence-corrected chi connectivity index (χ3v) is 4.24. The number of hydrogen-bond acceptors (Lipinski definition) is 4. The van der Waals surface area contributed by atoms with Gasteiger partial charge in [-0.25, -0.2) is 4.39 Å². The van der Waals surface area contributed by atoms with E-state index in [0.29, 0.717) is 19.8 Å². The van der Waals surface area contributed by atoms with Crippen molar-refractivity contribution < 1.29 is 13.9 Å². The van der Waals surface area contributed by atoms with Crippen LogP contribution in [-0.4, -0.2) is 20.3 Å². The van der Waals surface area contributed by atoms with Gasteiger partial charge in [0.1, 0.15) is 19.0 Å². The Morgan fingerprint density at radius 3 is 2.71 bits per heavy atom. The van der Waals surface area contributed by atoms with Crippen LogP contribution in [0.5, 0.6) is 11.5 Å². The molecule has 0 bridgehead atoms. The van der Waals surface area contributed by atoms with E-state index in [1.807, 2.05) is 31.3 Å². The summed E-state index contributed by atoms with van der Waals surface area (Å²) in [5.41, 5.74) is 0.942. The number of rotatable bonds is 4. The normalized spacial score (nSPS) is 13.2. The Labute approximate surface area is 127 Å². The fourth-order valence-corrected chi connectivity index (χ4v) is 3.14. The van der Waals surface area contributed by atoms with Crippen molar-refractivity contribution in [3.05, 3.63) is 47.8 Å². The second-order valence-corrected chi connectivity index (χ2v) is 5.81. The lowest BCUT2D eigenvalue weighted by Gasteiger charge is -2.19. The van der Waals surface area contributed by atoms with Crippen LogP contribution >= 0.6 is 11.8 Å². The van der Waals surface area contributed by atoms with Crippen molar-refractivity contribution in [1.29, 1.82) is 0 Å². The lowest BCUT2D eigenvalue weighted by atomic mass is 10.2. The van der Waals surface area contributed by atoms with E-state index in [-0.39, 0.29) is 5.82 Å². The molecule has 0 spiro atoms. The molecule has 5 heteroatoms. The Balaban J connectivity index is 1.86. The molecule has 1 aliphatic heterocycles. The van der Waals surface area contributed by atoms with E-state index >= 15 is 0 Å². The SMILES string of the molecule is CNCc1cc(F)ccc1Sc1ccc2c(c1)OCCO2. The fraction of sp³-hybridized carbons (Fsp3) is 0.250. The first-order valence-corrected chi connectivity index (χ1v) is 7.58. The van der Waals surface area contributed by atoms with Gasteiger partial charge in [0.05, 0.1) is 0 Å². The van der Waals surface area contributed by atoms with Crippen molar-refractivity contribution in [3.8, 4) is 11.5 Å². The highest BCUT2D eigenvalue weighted by Gasteiger charge is 2.13. The van der Waals surface area contributed by atoms with Gasteiger partial charge in [0.25, 0.3) is 0 Å². The van der Waals surface area contributed by atoms with Gasteiger partial charge < -0.3 is 14.8 Å². The molecule has 0 saturated heterocycles. The van der Waals surface area contributed by atoms with E-state index in [1.54, 1.807) is 17.8 Å². The molecule has 21 heavy (non-hydrogen) atoms. The predicted molar refractivity (Wildman–Crippen MR) is 80.7 cm³/mol. The smallest absolute Gasteiger partial charge is 0.162 e. The van der Waals surface area contributed by atoms with Gasteiger partial charge in [0.15, 0.2) is 11.5 Å². The average molecular weight is 305 g/mol. The number of nitrogens with one attached hydrogen (secondary N) is 1. The topological polar surface area (TPSA) is 30.5 Å². The fourth-order valence-electron chi connectivity index (χ4n) is 2.19. The Kier molecular flexibility index (Phi) is 4.31. The summed E-state index contributed by atoms with van der Waals surface area (Å²) in [6, 6.07) is 10.7. The molecule has 0 aromatic heterocycles. The molecule has 0 unspecified atom stereocenters. The van der Waals surface area contributed by atoms with Gasteiger partial charge in [0, 0.05) is 16.3 Å². The second-order valence-electron chi connectivity index (χ2n) is 4.69. The average Bonchev–Trinajstić information content (AvgIpc) is 2.50. The molecule has 2 aromatic carbocycles. The quantitative estimate of drug-likeness (QED) is 0.937. The highest BCUT2D eigenvalue weighted by Crippen LogP contribution is 2.37.